The van der Waals surface area contributed by atoms with E-state index in [0.29, 0.717) is 12.4 Å². The summed E-state index contributed by atoms with van der Waals surface area (Å²) >= 11 is 0. The topological polar surface area (TPSA) is 73.9 Å². The number of benzene rings is 2. The van der Waals surface area contributed by atoms with Crippen LogP contribution in [0.25, 0.3) is 0 Å². The Balaban J connectivity index is 1.78. The Kier molecular flexibility index (Phi) is 7.44. The minimum atomic E-state index is -0.541. The summed E-state index contributed by atoms with van der Waals surface area (Å²) in [5.41, 5.74) is 3.96. The van der Waals surface area contributed by atoms with Gasteiger partial charge in [-0.1, -0.05) is 6.07 Å². The average molecular weight is 440 g/mol. The standard InChI is InChI=1S/C26H33NO5/c1-6-31-24(28)16-27-23-12-11-20(30-5)15-22(23)19-8-7-18-14-21(10-9-17(18)13-19)32-25(29)26(2,3)4/h9-12,14-15,19,27H,6-8,13,16H2,1-5H3. The van der Waals surface area contributed by atoms with Gasteiger partial charge in [-0.15, -0.1) is 0 Å². The van der Waals surface area contributed by atoms with E-state index in [0.717, 1.165) is 36.3 Å². The lowest BCUT2D eigenvalue weighted by molar-refractivity contribution is -0.143. The molecule has 1 aliphatic carbocycles. The summed E-state index contributed by atoms with van der Waals surface area (Å²) < 4.78 is 16.1. The molecule has 0 amide bonds. The smallest absolute Gasteiger partial charge is 0.325 e. The number of carbonyl (C=O) groups excluding carboxylic acids is 2. The summed E-state index contributed by atoms with van der Waals surface area (Å²) in [5.74, 6) is 1.16. The molecule has 2 aromatic rings. The van der Waals surface area contributed by atoms with E-state index < -0.39 is 5.41 Å². The number of aryl methyl sites for hydroxylation is 1. The van der Waals surface area contributed by atoms with Crippen molar-refractivity contribution in [1.29, 1.82) is 0 Å². The number of anilines is 1. The van der Waals surface area contributed by atoms with Gasteiger partial charge in [-0.25, -0.2) is 0 Å². The Morgan fingerprint density at radius 1 is 1.06 bits per heavy atom. The number of hydrogen-bond acceptors (Lipinski definition) is 6. The molecule has 1 atom stereocenters. The summed E-state index contributed by atoms with van der Waals surface area (Å²) in [7, 11) is 1.65. The SMILES string of the molecule is CCOC(=O)CNc1ccc(OC)cc1C1CCc2cc(OC(=O)C(C)(C)C)ccc2C1. The first kappa shape index (κ1) is 23.6. The molecule has 0 aromatic heterocycles. The van der Waals surface area contributed by atoms with Gasteiger partial charge in [-0.3, -0.25) is 9.59 Å². The third kappa shape index (κ3) is 5.81. The van der Waals surface area contributed by atoms with Crippen LogP contribution < -0.4 is 14.8 Å². The summed E-state index contributed by atoms with van der Waals surface area (Å²) in [4.78, 5) is 24.0. The molecule has 3 rings (SSSR count). The van der Waals surface area contributed by atoms with Crippen LogP contribution in [0.3, 0.4) is 0 Å². The maximum absolute atomic E-state index is 12.2. The second-order valence-electron chi connectivity index (χ2n) is 9.12. The van der Waals surface area contributed by atoms with Crippen LogP contribution in [0.5, 0.6) is 11.5 Å². The van der Waals surface area contributed by atoms with E-state index in [9.17, 15) is 9.59 Å². The molecule has 1 unspecified atom stereocenters. The number of carbonyl (C=O) groups is 2. The zero-order valence-electron chi connectivity index (χ0n) is 19.6. The van der Waals surface area contributed by atoms with Gasteiger partial charge in [0.2, 0.25) is 0 Å². The monoisotopic (exact) mass is 439 g/mol. The van der Waals surface area contributed by atoms with Crippen molar-refractivity contribution in [1.82, 2.24) is 0 Å². The fourth-order valence-electron chi connectivity index (χ4n) is 3.87. The number of ether oxygens (including phenoxy) is 3. The van der Waals surface area contributed by atoms with Crippen molar-refractivity contribution in [2.45, 2.75) is 52.9 Å². The first-order valence-electron chi connectivity index (χ1n) is 11.1. The molecule has 32 heavy (non-hydrogen) atoms. The van der Waals surface area contributed by atoms with Crippen molar-refractivity contribution in [2.75, 3.05) is 25.6 Å². The van der Waals surface area contributed by atoms with Crippen LogP contribution in [-0.4, -0.2) is 32.2 Å². The zero-order chi connectivity index (χ0) is 23.3. The van der Waals surface area contributed by atoms with Crippen molar-refractivity contribution in [2.24, 2.45) is 5.41 Å². The number of fused-ring (bicyclic) bond motifs is 1. The molecule has 0 fully saturated rings. The van der Waals surface area contributed by atoms with Crippen LogP contribution >= 0.6 is 0 Å². The molecule has 0 saturated heterocycles. The van der Waals surface area contributed by atoms with E-state index in [1.807, 2.05) is 51.1 Å². The molecular weight excluding hydrogens is 406 g/mol. The number of esters is 2. The molecule has 1 N–H and O–H groups in total. The number of nitrogens with one attached hydrogen (secondary N) is 1. The molecule has 6 heteroatoms. The van der Waals surface area contributed by atoms with Crippen LogP contribution in [-0.2, 0) is 27.2 Å². The van der Waals surface area contributed by atoms with E-state index >= 15 is 0 Å². The Labute approximate surface area is 190 Å². The van der Waals surface area contributed by atoms with Crippen LogP contribution in [0, 0.1) is 5.41 Å². The zero-order valence-corrected chi connectivity index (χ0v) is 19.6. The molecule has 0 bridgehead atoms. The van der Waals surface area contributed by atoms with Crippen LogP contribution in [0.15, 0.2) is 36.4 Å². The Bertz CT molecular complexity index is 977. The molecule has 0 aliphatic heterocycles. The number of methoxy groups -OCH3 is 1. The molecule has 0 radical (unpaired) electrons. The maximum Gasteiger partial charge on any atom is 0.325 e. The molecule has 6 nitrogen and oxygen atoms in total. The second-order valence-corrected chi connectivity index (χ2v) is 9.12. The summed E-state index contributed by atoms with van der Waals surface area (Å²) in [6.07, 6.45) is 2.70. The summed E-state index contributed by atoms with van der Waals surface area (Å²) in [6, 6.07) is 11.8. The van der Waals surface area contributed by atoms with Crippen molar-refractivity contribution < 1.29 is 23.8 Å². The molecule has 172 valence electrons. The predicted molar refractivity (Wildman–Crippen MR) is 124 cm³/mol. The molecule has 0 heterocycles. The van der Waals surface area contributed by atoms with E-state index in [1.165, 1.54) is 11.1 Å². The molecule has 0 spiro atoms. The highest BCUT2D eigenvalue weighted by molar-refractivity contribution is 5.78. The van der Waals surface area contributed by atoms with Crippen molar-refractivity contribution in [3.05, 3.63) is 53.1 Å². The Morgan fingerprint density at radius 2 is 1.81 bits per heavy atom. The van der Waals surface area contributed by atoms with Gasteiger partial charge in [0.25, 0.3) is 0 Å². The van der Waals surface area contributed by atoms with Crippen molar-refractivity contribution in [3.8, 4) is 11.5 Å². The van der Waals surface area contributed by atoms with Crippen LogP contribution in [0.2, 0.25) is 0 Å². The normalized spacial score (nSPS) is 15.5. The lowest BCUT2D eigenvalue weighted by Crippen LogP contribution is -2.25. The van der Waals surface area contributed by atoms with Gasteiger partial charge in [-0.05, 0) is 99.9 Å². The fraction of sp³-hybridized carbons (Fsp3) is 0.462. The first-order chi connectivity index (χ1) is 15.2. The van der Waals surface area contributed by atoms with E-state index in [-0.39, 0.29) is 24.4 Å². The highest BCUT2D eigenvalue weighted by Gasteiger charge is 2.26. The fourth-order valence-corrected chi connectivity index (χ4v) is 3.87. The van der Waals surface area contributed by atoms with E-state index in [1.54, 1.807) is 14.0 Å². The molecule has 1 aliphatic rings. The minimum Gasteiger partial charge on any atom is -0.497 e. The molecular formula is C26H33NO5. The molecule has 2 aromatic carbocycles. The van der Waals surface area contributed by atoms with Gasteiger partial charge in [0, 0.05) is 5.69 Å². The Hall–Kier alpha value is -3.02. The minimum absolute atomic E-state index is 0.124. The largest absolute Gasteiger partial charge is 0.497 e. The predicted octanol–water partition coefficient (Wildman–Crippen LogP) is 4.89. The third-order valence-corrected chi connectivity index (χ3v) is 5.66. The number of rotatable bonds is 7. The van der Waals surface area contributed by atoms with Gasteiger partial charge in [-0.2, -0.15) is 0 Å². The van der Waals surface area contributed by atoms with Crippen molar-refractivity contribution in [3.63, 3.8) is 0 Å². The van der Waals surface area contributed by atoms with Gasteiger partial charge in [0.05, 0.1) is 19.1 Å². The summed E-state index contributed by atoms with van der Waals surface area (Å²) in [5, 5.41) is 3.23. The van der Waals surface area contributed by atoms with Crippen molar-refractivity contribution >= 4 is 17.6 Å². The van der Waals surface area contributed by atoms with Gasteiger partial charge >= 0.3 is 11.9 Å². The highest BCUT2D eigenvalue weighted by Crippen LogP contribution is 2.39. The van der Waals surface area contributed by atoms with Crippen LogP contribution in [0.4, 0.5) is 5.69 Å². The average Bonchev–Trinajstić information content (AvgIpc) is 2.76. The lowest BCUT2D eigenvalue weighted by Gasteiger charge is -2.28. The lowest BCUT2D eigenvalue weighted by atomic mass is 9.79. The summed E-state index contributed by atoms with van der Waals surface area (Å²) in [6.45, 7) is 7.83. The Morgan fingerprint density at radius 3 is 2.50 bits per heavy atom. The van der Waals surface area contributed by atoms with Gasteiger partial charge in [0.15, 0.2) is 0 Å². The first-order valence-corrected chi connectivity index (χ1v) is 11.1. The second kappa shape index (κ2) is 10.1. The third-order valence-electron chi connectivity index (χ3n) is 5.66. The maximum atomic E-state index is 12.2. The van der Waals surface area contributed by atoms with E-state index in [4.69, 9.17) is 14.2 Å². The number of hydrogen-bond donors (Lipinski definition) is 1. The quantitative estimate of drug-likeness (QED) is 0.489. The van der Waals surface area contributed by atoms with Gasteiger partial charge in [0.1, 0.15) is 18.0 Å². The highest BCUT2D eigenvalue weighted by atomic mass is 16.5. The molecule has 0 saturated carbocycles. The van der Waals surface area contributed by atoms with E-state index in [2.05, 4.69) is 11.4 Å². The van der Waals surface area contributed by atoms with Crippen LogP contribution in [0.1, 0.15) is 56.7 Å². The van der Waals surface area contributed by atoms with Gasteiger partial charge < -0.3 is 19.5 Å².